The van der Waals surface area contributed by atoms with E-state index in [1.165, 1.54) is 0 Å². The highest BCUT2D eigenvalue weighted by Gasteiger charge is 2.51. The average Bonchev–Trinajstić information content (AvgIpc) is 2.46. The summed E-state index contributed by atoms with van der Waals surface area (Å²) in [5, 5.41) is -1.10. The molecule has 6 heteroatoms. The van der Waals surface area contributed by atoms with Gasteiger partial charge in [0, 0.05) is 6.26 Å². The number of hydrogen-bond acceptors (Lipinski definition) is 4. The second-order valence-electron chi connectivity index (χ2n) is 5.07. The van der Waals surface area contributed by atoms with Gasteiger partial charge in [-0.3, -0.25) is 4.79 Å². The molecule has 1 aromatic carbocycles. The zero-order valence-corrected chi connectivity index (χ0v) is 13.6. The van der Waals surface area contributed by atoms with Crippen LogP contribution in [0.15, 0.2) is 30.3 Å². The Morgan fingerprint density at radius 2 is 2.00 bits per heavy atom. The van der Waals surface area contributed by atoms with Gasteiger partial charge >= 0.3 is 0 Å². The van der Waals surface area contributed by atoms with Crippen molar-refractivity contribution in [3.8, 4) is 12.3 Å². The largest absolute Gasteiger partial charge is 0.367 e. The van der Waals surface area contributed by atoms with Crippen LogP contribution >= 0.6 is 0 Å². The van der Waals surface area contributed by atoms with Crippen LogP contribution in [-0.2, 0) is 25.0 Å². The Labute approximate surface area is 131 Å². The molecule has 120 valence electrons. The Morgan fingerprint density at radius 3 is 2.41 bits per heavy atom. The van der Waals surface area contributed by atoms with Crippen LogP contribution in [0.1, 0.15) is 25.3 Å². The van der Waals surface area contributed by atoms with Crippen molar-refractivity contribution in [2.45, 2.75) is 30.6 Å². The van der Waals surface area contributed by atoms with Gasteiger partial charge < -0.3 is 10.5 Å². The minimum atomic E-state index is -3.60. The molecule has 0 aliphatic carbocycles. The van der Waals surface area contributed by atoms with Crippen LogP contribution in [0.4, 0.5) is 0 Å². The molecule has 0 bridgehead atoms. The minimum absolute atomic E-state index is 0.215. The molecule has 0 radical (unpaired) electrons. The first-order valence-electron chi connectivity index (χ1n) is 6.92. The Kier molecular flexibility index (Phi) is 6.15. The summed E-state index contributed by atoms with van der Waals surface area (Å²) in [5.41, 5.74) is 4.17. The highest BCUT2D eigenvalue weighted by molar-refractivity contribution is 7.91. The van der Waals surface area contributed by atoms with Gasteiger partial charge in [-0.15, -0.1) is 6.42 Å². The van der Waals surface area contributed by atoms with Crippen molar-refractivity contribution in [3.05, 3.63) is 35.9 Å². The van der Waals surface area contributed by atoms with E-state index in [1.807, 2.05) is 6.92 Å². The van der Waals surface area contributed by atoms with Gasteiger partial charge in [-0.2, -0.15) is 0 Å². The maximum absolute atomic E-state index is 12.3. The summed E-state index contributed by atoms with van der Waals surface area (Å²) in [6.07, 6.45) is 7.09. The van der Waals surface area contributed by atoms with Crippen molar-refractivity contribution >= 4 is 15.7 Å². The first-order chi connectivity index (χ1) is 10.3. The number of terminal acetylenes is 1. The number of nitrogens with two attached hydrogens (primary N) is 1. The lowest BCUT2D eigenvalue weighted by Gasteiger charge is -2.36. The van der Waals surface area contributed by atoms with Gasteiger partial charge in [0.25, 0.3) is 5.91 Å². The van der Waals surface area contributed by atoms with Crippen LogP contribution in [0.25, 0.3) is 0 Å². The fourth-order valence-electron chi connectivity index (χ4n) is 2.56. The first kappa shape index (κ1) is 18.2. The molecule has 22 heavy (non-hydrogen) atoms. The molecule has 1 rings (SSSR count). The Bertz CT molecular complexity index is 648. The van der Waals surface area contributed by atoms with E-state index in [4.69, 9.17) is 16.9 Å². The smallest absolute Gasteiger partial charge is 0.255 e. The number of benzene rings is 1. The molecule has 2 atom stereocenters. The third-order valence-electron chi connectivity index (χ3n) is 3.47. The van der Waals surface area contributed by atoms with Gasteiger partial charge in [-0.25, -0.2) is 8.42 Å². The highest BCUT2D eigenvalue weighted by Crippen LogP contribution is 2.36. The predicted molar refractivity (Wildman–Crippen MR) is 85.6 cm³/mol. The summed E-state index contributed by atoms with van der Waals surface area (Å²) in [4.78, 5) is 12.3. The van der Waals surface area contributed by atoms with Gasteiger partial charge in [0.15, 0.2) is 15.4 Å². The SMILES string of the molecule is C#CCOC(C(N)=O)(c1ccccc1)C(CCC)S(C)(=O)=O. The third-order valence-corrected chi connectivity index (χ3v) is 5.07. The van der Waals surface area contributed by atoms with Crippen LogP contribution in [0.5, 0.6) is 0 Å². The molecule has 0 saturated carbocycles. The number of carbonyl (C=O) groups excluding carboxylic acids is 1. The van der Waals surface area contributed by atoms with E-state index < -0.39 is 26.6 Å². The highest BCUT2D eigenvalue weighted by atomic mass is 32.2. The number of sulfone groups is 1. The maximum Gasteiger partial charge on any atom is 0.255 e. The quantitative estimate of drug-likeness (QED) is 0.729. The fourth-order valence-corrected chi connectivity index (χ4v) is 4.14. The normalized spacial score (nSPS) is 15.5. The van der Waals surface area contributed by atoms with E-state index in [1.54, 1.807) is 30.3 Å². The molecule has 2 unspecified atom stereocenters. The Balaban J connectivity index is 3.61. The van der Waals surface area contributed by atoms with E-state index in [0.29, 0.717) is 12.0 Å². The molecule has 5 nitrogen and oxygen atoms in total. The first-order valence-corrected chi connectivity index (χ1v) is 8.87. The standard InChI is InChI=1S/C16H21NO4S/c1-4-9-14(22(3,19)20)16(15(17)18,21-12-5-2)13-10-7-6-8-11-13/h2,6-8,10-11,14H,4,9,12H2,1,3H3,(H2,17,18). The van der Waals surface area contributed by atoms with Crippen molar-refractivity contribution in [1.29, 1.82) is 0 Å². The molecule has 0 aromatic heterocycles. The molecule has 0 fully saturated rings. The van der Waals surface area contributed by atoms with Crippen molar-refractivity contribution in [1.82, 2.24) is 0 Å². The van der Waals surface area contributed by atoms with Gasteiger partial charge in [-0.1, -0.05) is 49.6 Å². The summed E-state index contributed by atoms with van der Waals surface area (Å²) in [6, 6.07) is 8.38. The number of hydrogen-bond donors (Lipinski definition) is 1. The van der Waals surface area contributed by atoms with Gasteiger partial charge in [0.2, 0.25) is 0 Å². The van der Waals surface area contributed by atoms with Crippen molar-refractivity contribution in [3.63, 3.8) is 0 Å². The average molecular weight is 323 g/mol. The zero-order chi connectivity index (χ0) is 16.8. The van der Waals surface area contributed by atoms with E-state index >= 15 is 0 Å². The lowest BCUT2D eigenvalue weighted by molar-refractivity contribution is -0.144. The van der Waals surface area contributed by atoms with Crippen LogP contribution in [-0.4, -0.2) is 32.4 Å². The molecule has 0 spiro atoms. The number of carbonyl (C=O) groups is 1. The number of rotatable bonds is 8. The van der Waals surface area contributed by atoms with E-state index in [2.05, 4.69) is 5.92 Å². The second-order valence-corrected chi connectivity index (χ2v) is 7.29. The fraction of sp³-hybridized carbons (Fsp3) is 0.438. The van der Waals surface area contributed by atoms with Crippen molar-refractivity contribution < 1.29 is 17.9 Å². The molecule has 0 saturated heterocycles. The van der Waals surface area contributed by atoms with E-state index in [-0.39, 0.29) is 13.0 Å². The lowest BCUT2D eigenvalue weighted by Crippen LogP contribution is -2.55. The van der Waals surface area contributed by atoms with Gasteiger partial charge in [0.1, 0.15) is 11.9 Å². The molecule has 1 aromatic rings. The van der Waals surface area contributed by atoms with Crippen LogP contribution < -0.4 is 5.73 Å². The molecule has 2 N–H and O–H groups in total. The second kappa shape index (κ2) is 7.43. The molecule has 0 aliphatic heterocycles. The van der Waals surface area contributed by atoms with Crippen molar-refractivity contribution in [2.24, 2.45) is 5.73 Å². The van der Waals surface area contributed by atoms with Crippen molar-refractivity contribution in [2.75, 3.05) is 12.9 Å². The molecular weight excluding hydrogens is 302 g/mol. The lowest BCUT2D eigenvalue weighted by atomic mass is 9.87. The Hall–Kier alpha value is -1.84. The summed E-state index contributed by atoms with van der Waals surface area (Å²) in [7, 11) is -3.60. The molecular formula is C16H21NO4S. The third kappa shape index (κ3) is 3.67. The predicted octanol–water partition coefficient (Wildman–Crippen LogP) is 1.23. The van der Waals surface area contributed by atoms with E-state index in [9.17, 15) is 13.2 Å². The number of amides is 1. The topological polar surface area (TPSA) is 86.5 Å². The van der Waals surface area contributed by atoms with Crippen LogP contribution in [0.2, 0.25) is 0 Å². The number of ether oxygens (including phenoxy) is 1. The minimum Gasteiger partial charge on any atom is -0.367 e. The molecule has 1 amide bonds. The van der Waals surface area contributed by atoms with Gasteiger partial charge in [-0.05, 0) is 12.0 Å². The summed E-state index contributed by atoms with van der Waals surface area (Å²) in [5.74, 6) is 1.41. The Morgan fingerprint density at radius 1 is 1.41 bits per heavy atom. The zero-order valence-electron chi connectivity index (χ0n) is 12.8. The molecule has 0 heterocycles. The summed E-state index contributed by atoms with van der Waals surface area (Å²) < 4.78 is 30.1. The monoisotopic (exact) mass is 323 g/mol. The maximum atomic E-state index is 12.3. The van der Waals surface area contributed by atoms with E-state index in [0.717, 1.165) is 6.26 Å². The van der Waals surface area contributed by atoms with Crippen LogP contribution in [0.3, 0.4) is 0 Å². The van der Waals surface area contributed by atoms with Gasteiger partial charge in [0.05, 0.1) is 0 Å². The summed E-state index contributed by atoms with van der Waals surface area (Å²) in [6.45, 7) is 1.61. The van der Waals surface area contributed by atoms with Crippen LogP contribution in [0, 0.1) is 12.3 Å². The number of primary amides is 1. The molecule has 0 aliphatic rings. The summed E-state index contributed by atoms with van der Waals surface area (Å²) >= 11 is 0.